The lowest BCUT2D eigenvalue weighted by Crippen LogP contribution is -2.40. The number of sulfonamides is 1. The van der Waals surface area contributed by atoms with Crippen LogP contribution in [-0.2, 0) is 14.8 Å². The lowest BCUT2D eigenvalue weighted by molar-refractivity contribution is -0.115. The van der Waals surface area contributed by atoms with E-state index in [1.54, 1.807) is 26.2 Å². The molecule has 1 heterocycles. The van der Waals surface area contributed by atoms with E-state index in [0.717, 1.165) is 37.2 Å². The molecule has 1 fully saturated rings. The molecule has 7 nitrogen and oxygen atoms in total. The summed E-state index contributed by atoms with van der Waals surface area (Å²) in [5, 5.41) is 2.72. The Hall–Kier alpha value is -2.42. The van der Waals surface area contributed by atoms with Crippen LogP contribution >= 0.6 is 0 Å². The number of para-hydroxylation sites is 1. The van der Waals surface area contributed by atoms with Gasteiger partial charge < -0.3 is 10.1 Å². The van der Waals surface area contributed by atoms with Gasteiger partial charge in [-0.25, -0.2) is 13.1 Å². The fourth-order valence-corrected chi connectivity index (χ4v) is 4.88. The predicted octanol–water partition coefficient (Wildman–Crippen LogP) is 3.55. The van der Waals surface area contributed by atoms with Crippen LogP contribution in [0, 0.1) is 0 Å². The number of hydrogen-bond donors (Lipinski definition) is 2. The topological polar surface area (TPSA) is 87.7 Å². The number of piperidine rings is 1. The molecule has 1 aliphatic rings. The number of amides is 1. The van der Waals surface area contributed by atoms with Gasteiger partial charge in [0.1, 0.15) is 5.75 Å². The van der Waals surface area contributed by atoms with Gasteiger partial charge in [0.15, 0.2) is 0 Å². The quantitative estimate of drug-likeness (QED) is 0.616. The summed E-state index contributed by atoms with van der Waals surface area (Å²) in [6.07, 6.45) is 3.76. The van der Waals surface area contributed by atoms with Crippen molar-refractivity contribution in [1.29, 1.82) is 0 Å². The minimum Gasteiger partial charge on any atom is -0.496 e. The molecule has 2 aromatic carbocycles. The molecule has 31 heavy (non-hydrogen) atoms. The van der Waals surface area contributed by atoms with Gasteiger partial charge in [-0.3, -0.25) is 9.69 Å². The van der Waals surface area contributed by atoms with Crippen molar-refractivity contribution in [1.82, 2.24) is 9.62 Å². The van der Waals surface area contributed by atoms with Crippen LogP contribution < -0.4 is 14.8 Å². The van der Waals surface area contributed by atoms with Crippen LogP contribution in [0.3, 0.4) is 0 Å². The minimum atomic E-state index is -3.70. The average Bonchev–Trinajstić information content (AvgIpc) is 2.80. The number of likely N-dealkylation sites (tertiary alicyclic amines) is 1. The number of carbonyl (C=O) groups is 1. The Morgan fingerprint density at radius 3 is 2.39 bits per heavy atom. The van der Waals surface area contributed by atoms with Gasteiger partial charge in [-0.15, -0.1) is 0 Å². The fraction of sp³-hybridized carbons (Fsp3) is 0.435. The SMILES string of the molecule is CCC(=O)Nc1ccc(S(=O)(=O)NCC(c2ccccc2OC)N2CCCCC2)cc1. The molecule has 3 rings (SSSR count). The van der Waals surface area contributed by atoms with Gasteiger partial charge >= 0.3 is 0 Å². The first-order chi connectivity index (χ1) is 14.9. The van der Waals surface area contributed by atoms with Gasteiger partial charge in [0, 0.05) is 24.2 Å². The van der Waals surface area contributed by atoms with Gasteiger partial charge in [0.25, 0.3) is 0 Å². The number of anilines is 1. The summed E-state index contributed by atoms with van der Waals surface area (Å²) in [6, 6.07) is 13.9. The molecular formula is C23H31N3O4S. The molecule has 1 unspecified atom stereocenters. The molecule has 0 radical (unpaired) electrons. The average molecular weight is 446 g/mol. The van der Waals surface area contributed by atoms with E-state index in [1.165, 1.54) is 18.6 Å². The minimum absolute atomic E-state index is 0.116. The van der Waals surface area contributed by atoms with E-state index in [9.17, 15) is 13.2 Å². The van der Waals surface area contributed by atoms with Gasteiger partial charge in [0.05, 0.1) is 18.0 Å². The largest absolute Gasteiger partial charge is 0.496 e. The molecule has 1 saturated heterocycles. The third-order valence-electron chi connectivity index (χ3n) is 5.57. The predicted molar refractivity (Wildman–Crippen MR) is 122 cm³/mol. The zero-order valence-electron chi connectivity index (χ0n) is 18.1. The second kappa shape index (κ2) is 10.7. The Kier molecular flexibility index (Phi) is 8.06. The van der Waals surface area contributed by atoms with Crippen LogP contribution in [0.2, 0.25) is 0 Å². The van der Waals surface area contributed by atoms with Crippen molar-refractivity contribution in [3.8, 4) is 5.75 Å². The maximum atomic E-state index is 12.9. The van der Waals surface area contributed by atoms with Crippen molar-refractivity contribution in [2.75, 3.05) is 32.1 Å². The Balaban J connectivity index is 1.77. The molecular weight excluding hydrogens is 414 g/mol. The molecule has 8 heteroatoms. The molecule has 0 spiro atoms. The zero-order valence-corrected chi connectivity index (χ0v) is 19.0. The highest BCUT2D eigenvalue weighted by Gasteiger charge is 2.27. The number of benzene rings is 2. The van der Waals surface area contributed by atoms with Crippen LogP contribution in [0.25, 0.3) is 0 Å². The summed E-state index contributed by atoms with van der Waals surface area (Å²) in [5.41, 5.74) is 1.55. The fourth-order valence-electron chi connectivity index (χ4n) is 3.85. The lowest BCUT2D eigenvalue weighted by atomic mass is 10.0. The molecule has 0 aromatic heterocycles. The number of carbonyl (C=O) groups excluding carboxylic acids is 1. The standard InChI is InChI=1S/C23H31N3O4S/c1-3-23(27)25-18-11-13-19(14-12-18)31(28,29)24-17-21(26-15-7-4-8-16-26)20-9-5-6-10-22(20)30-2/h5-6,9-14,21,24H,3-4,7-8,15-17H2,1-2H3,(H,25,27). The van der Waals surface area contributed by atoms with E-state index in [0.29, 0.717) is 12.1 Å². The van der Waals surface area contributed by atoms with Crippen molar-refractivity contribution >= 4 is 21.6 Å². The van der Waals surface area contributed by atoms with E-state index in [2.05, 4.69) is 14.9 Å². The highest BCUT2D eigenvalue weighted by atomic mass is 32.2. The summed E-state index contributed by atoms with van der Waals surface area (Å²) in [5.74, 6) is 0.642. The lowest BCUT2D eigenvalue weighted by Gasteiger charge is -2.35. The Labute approximate surface area is 184 Å². The van der Waals surface area contributed by atoms with E-state index in [4.69, 9.17) is 4.74 Å². The molecule has 2 aromatic rings. The van der Waals surface area contributed by atoms with Crippen LogP contribution in [0.5, 0.6) is 5.75 Å². The van der Waals surface area contributed by atoms with Gasteiger partial charge in [0.2, 0.25) is 15.9 Å². The van der Waals surface area contributed by atoms with Crippen LogP contribution in [0.1, 0.15) is 44.2 Å². The van der Waals surface area contributed by atoms with Crippen molar-refractivity contribution in [3.05, 3.63) is 54.1 Å². The van der Waals surface area contributed by atoms with Crippen molar-refractivity contribution < 1.29 is 17.9 Å². The van der Waals surface area contributed by atoms with E-state index in [1.807, 2.05) is 24.3 Å². The number of rotatable bonds is 9. The molecule has 168 valence electrons. The third-order valence-corrected chi connectivity index (χ3v) is 7.01. The Morgan fingerprint density at radius 2 is 1.74 bits per heavy atom. The molecule has 1 amide bonds. The highest BCUT2D eigenvalue weighted by molar-refractivity contribution is 7.89. The van der Waals surface area contributed by atoms with Gasteiger partial charge in [-0.05, 0) is 56.3 Å². The molecule has 0 saturated carbocycles. The Morgan fingerprint density at radius 1 is 1.06 bits per heavy atom. The van der Waals surface area contributed by atoms with E-state index < -0.39 is 10.0 Å². The van der Waals surface area contributed by atoms with Crippen molar-refractivity contribution in [2.24, 2.45) is 0 Å². The summed E-state index contributed by atoms with van der Waals surface area (Å²) in [7, 11) is -2.07. The van der Waals surface area contributed by atoms with Crippen LogP contribution in [0.4, 0.5) is 5.69 Å². The second-order valence-electron chi connectivity index (χ2n) is 7.63. The Bertz CT molecular complexity index is 971. The molecule has 0 bridgehead atoms. The summed E-state index contributed by atoms with van der Waals surface area (Å²) in [6.45, 7) is 3.86. The summed E-state index contributed by atoms with van der Waals surface area (Å²) in [4.78, 5) is 14.0. The van der Waals surface area contributed by atoms with Gasteiger partial charge in [-0.1, -0.05) is 31.5 Å². The number of methoxy groups -OCH3 is 1. The molecule has 1 aliphatic heterocycles. The highest BCUT2D eigenvalue weighted by Crippen LogP contribution is 2.31. The number of hydrogen-bond acceptors (Lipinski definition) is 5. The smallest absolute Gasteiger partial charge is 0.240 e. The maximum absolute atomic E-state index is 12.9. The molecule has 0 aliphatic carbocycles. The number of nitrogens with one attached hydrogen (secondary N) is 2. The first-order valence-electron chi connectivity index (χ1n) is 10.7. The van der Waals surface area contributed by atoms with Crippen molar-refractivity contribution in [2.45, 2.75) is 43.5 Å². The second-order valence-corrected chi connectivity index (χ2v) is 9.40. The normalized spacial score (nSPS) is 15.9. The molecule has 2 N–H and O–H groups in total. The van der Waals surface area contributed by atoms with E-state index in [-0.39, 0.29) is 23.4 Å². The van der Waals surface area contributed by atoms with Gasteiger partial charge in [-0.2, -0.15) is 0 Å². The third kappa shape index (κ3) is 6.06. The number of nitrogens with zero attached hydrogens (tertiary/aromatic N) is 1. The monoisotopic (exact) mass is 445 g/mol. The summed E-state index contributed by atoms with van der Waals surface area (Å²) < 4.78 is 34.2. The maximum Gasteiger partial charge on any atom is 0.240 e. The zero-order chi connectivity index (χ0) is 22.3. The number of ether oxygens (including phenoxy) is 1. The van der Waals surface area contributed by atoms with Crippen molar-refractivity contribution in [3.63, 3.8) is 0 Å². The van der Waals surface area contributed by atoms with Crippen LogP contribution in [-0.4, -0.2) is 46.0 Å². The van der Waals surface area contributed by atoms with Crippen LogP contribution in [0.15, 0.2) is 53.4 Å². The first-order valence-corrected chi connectivity index (χ1v) is 12.2. The summed E-state index contributed by atoms with van der Waals surface area (Å²) >= 11 is 0. The first kappa shape index (κ1) is 23.2. The molecule has 1 atom stereocenters. The van der Waals surface area contributed by atoms with E-state index >= 15 is 0 Å².